The van der Waals surface area contributed by atoms with E-state index in [1.165, 1.54) is 4.90 Å². The molecule has 0 bridgehead atoms. The molecule has 1 aromatic heterocycles. The quantitative estimate of drug-likeness (QED) is 0.840. The molecule has 1 fully saturated rings. The third-order valence-electron chi connectivity index (χ3n) is 3.10. The molecule has 0 aliphatic carbocycles. The summed E-state index contributed by atoms with van der Waals surface area (Å²) in [6.45, 7) is 7.88. The van der Waals surface area contributed by atoms with Crippen LogP contribution in [-0.2, 0) is 10.3 Å². The number of amides is 1. The van der Waals surface area contributed by atoms with Crippen molar-refractivity contribution in [2.45, 2.75) is 38.9 Å². The van der Waals surface area contributed by atoms with Gasteiger partial charge in [0.05, 0.1) is 13.1 Å². The predicted molar refractivity (Wildman–Crippen MR) is 70.7 cm³/mol. The van der Waals surface area contributed by atoms with Gasteiger partial charge in [0, 0.05) is 18.0 Å². The SMILES string of the molecule is Cc1ccncc1C1(O)CN(C(=O)OC(C)(C)C)C1. The van der Waals surface area contributed by atoms with E-state index in [9.17, 15) is 9.90 Å². The van der Waals surface area contributed by atoms with Crippen molar-refractivity contribution in [1.82, 2.24) is 9.88 Å². The van der Waals surface area contributed by atoms with Crippen molar-refractivity contribution in [3.8, 4) is 0 Å². The zero-order valence-corrected chi connectivity index (χ0v) is 11.8. The van der Waals surface area contributed by atoms with Gasteiger partial charge in [-0.05, 0) is 39.3 Å². The second-order valence-electron chi connectivity index (χ2n) is 6.06. The first-order chi connectivity index (χ1) is 8.71. The summed E-state index contributed by atoms with van der Waals surface area (Å²) in [7, 11) is 0. The maximum atomic E-state index is 11.8. The van der Waals surface area contributed by atoms with E-state index in [4.69, 9.17) is 4.74 Å². The van der Waals surface area contributed by atoms with Gasteiger partial charge in [-0.3, -0.25) is 4.98 Å². The number of likely N-dealkylation sites (tertiary alicyclic amines) is 1. The lowest BCUT2D eigenvalue weighted by atomic mass is 9.85. The number of carbonyl (C=O) groups is 1. The van der Waals surface area contributed by atoms with E-state index < -0.39 is 17.3 Å². The molecule has 104 valence electrons. The standard InChI is InChI=1S/C14H20N2O3/c1-10-5-6-15-7-11(10)14(18)8-16(9-14)12(17)19-13(2,3)4/h5-7,18H,8-9H2,1-4H3. The van der Waals surface area contributed by atoms with E-state index in [1.54, 1.807) is 12.4 Å². The number of nitrogens with zero attached hydrogens (tertiary/aromatic N) is 2. The van der Waals surface area contributed by atoms with E-state index in [1.807, 2.05) is 33.8 Å². The van der Waals surface area contributed by atoms with Crippen LogP contribution in [0.15, 0.2) is 18.5 Å². The number of ether oxygens (including phenoxy) is 1. The molecule has 2 heterocycles. The fourth-order valence-electron chi connectivity index (χ4n) is 2.16. The van der Waals surface area contributed by atoms with Gasteiger partial charge in [0.25, 0.3) is 0 Å². The summed E-state index contributed by atoms with van der Waals surface area (Å²) in [5.41, 5.74) is 0.223. The van der Waals surface area contributed by atoms with Gasteiger partial charge in [-0.25, -0.2) is 4.79 Å². The summed E-state index contributed by atoms with van der Waals surface area (Å²) in [4.78, 5) is 17.3. The Bertz CT molecular complexity index is 488. The lowest BCUT2D eigenvalue weighted by Gasteiger charge is -2.46. The number of hydrogen-bond acceptors (Lipinski definition) is 4. The van der Waals surface area contributed by atoms with Crippen LogP contribution in [0.3, 0.4) is 0 Å². The summed E-state index contributed by atoms with van der Waals surface area (Å²) in [5.74, 6) is 0. The Morgan fingerprint density at radius 1 is 1.47 bits per heavy atom. The number of hydrogen-bond donors (Lipinski definition) is 1. The lowest BCUT2D eigenvalue weighted by Crippen LogP contribution is -2.62. The van der Waals surface area contributed by atoms with Crippen molar-refractivity contribution in [1.29, 1.82) is 0 Å². The average Bonchev–Trinajstić information content (AvgIpc) is 2.23. The molecular weight excluding hydrogens is 244 g/mol. The molecule has 1 saturated heterocycles. The van der Waals surface area contributed by atoms with Gasteiger partial charge in [0.1, 0.15) is 11.2 Å². The Balaban J connectivity index is 2.02. The molecule has 1 aliphatic heterocycles. The van der Waals surface area contributed by atoms with Gasteiger partial charge in [0.15, 0.2) is 0 Å². The molecule has 5 heteroatoms. The molecule has 2 rings (SSSR count). The maximum absolute atomic E-state index is 11.8. The third-order valence-corrected chi connectivity index (χ3v) is 3.10. The number of β-amino-alcohol motifs (C(OH)–C–C–N with tert-alkyl or cyclic N) is 1. The van der Waals surface area contributed by atoms with Crippen LogP contribution in [-0.4, -0.2) is 39.8 Å². The minimum Gasteiger partial charge on any atom is -0.444 e. The van der Waals surface area contributed by atoms with E-state index in [0.717, 1.165) is 11.1 Å². The Morgan fingerprint density at radius 2 is 2.11 bits per heavy atom. The molecule has 0 atom stereocenters. The zero-order chi connectivity index (χ0) is 14.3. The van der Waals surface area contributed by atoms with Crippen molar-refractivity contribution in [2.24, 2.45) is 0 Å². The van der Waals surface area contributed by atoms with Gasteiger partial charge < -0.3 is 14.7 Å². The molecule has 1 aromatic rings. The highest BCUT2D eigenvalue weighted by Gasteiger charge is 2.47. The monoisotopic (exact) mass is 264 g/mol. The van der Waals surface area contributed by atoms with Crippen LogP contribution in [0, 0.1) is 6.92 Å². The summed E-state index contributed by atoms with van der Waals surface area (Å²) in [6.07, 6.45) is 2.95. The second-order valence-corrected chi connectivity index (χ2v) is 6.06. The minimum absolute atomic E-state index is 0.244. The van der Waals surface area contributed by atoms with Crippen molar-refractivity contribution in [3.05, 3.63) is 29.6 Å². The first kappa shape index (κ1) is 13.8. The van der Waals surface area contributed by atoms with Crippen molar-refractivity contribution in [2.75, 3.05) is 13.1 Å². The molecule has 0 aromatic carbocycles. The van der Waals surface area contributed by atoms with Crippen molar-refractivity contribution < 1.29 is 14.6 Å². The normalized spacial score (nSPS) is 17.8. The molecule has 1 N–H and O–H groups in total. The van der Waals surface area contributed by atoms with E-state index in [2.05, 4.69) is 4.98 Å². The summed E-state index contributed by atoms with van der Waals surface area (Å²) < 4.78 is 5.26. The highest BCUT2D eigenvalue weighted by atomic mass is 16.6. The van der Waals surface area contributed by atoms with Crippen molar-refractivity contribution in [3.63, 3.8) is 0 Å². The molecule has 0 radical (unpaired) electrons. The number of carbonyl (C=O) groups excluding carboxylic acids is 1. The van der Waals surface area contributed by atoms with Gasteiger partial charge >= 0.3 is 6.09 Å². The van der Waals surface area contributed by atoms with Gasteiger partial charge in [-0.1, -0.05) is 0 Å². The molecule has 5 nitrogen and oxygen atoms in total. The zero-order valence-electron chi connectivity index (χ0n) is 11.8. The smallest absolute Gasteiger partial charge is 0.410 e. The van der Waals surface area contributed by atoms with Gasteiger partial charge in [0.2, 0.25) is 0 Å². The minimum atomic E-state index is -1.00. The summed E-state index contributed by atoms with van der Waals surface area (Å²) in [6, 6.07) is 1.85. The molecule has 1 aliphatic rings. The van der Waals surface area contributed by atoms with Crippen LogP contribution in [0.5, 0.6) is 0 Å². The van der Waals surface area contributed by atoms with Crippen LogP contribution < -0.4 is 0 Å². The molecular formula is C14H20N2O3. The van der Waals surface area contributed by atoms with Crippen LogP contribution in [0.2, 0.25) is 0 Å². The first-order valence-electron chi connectivity index (χ1n) is 6.33. The van der Waals surface area contributed by atoms with Crippen LogP contribution in [0.4, 0.5) is 4.79 Å². The Hall–Kier alpha value is -1.62. The largest absolute Gasteiger partial charge is 0.444 e. The summed E-state index contributed by atoms with van der Waals surface area (Å²) >= 11 is 0. The Morgan fingerprint density at radius 3 is 2.63 bits per heavy atom. The number of aryl methyl sites for hydroxylation is 1. The molecule has 0 unspecified atom stereocenters. The number of pyridine rings is 1. The fourth-order valence-corrected chi connectivity index (χ4v) is 2.16. The number of aromatic nitrogens is 1. The first-order valence-corrected chi connectivity index (χ1v) is 6.33. The number of rotatable bonds is 1. The third kappa shape index (κ3) is 2.87. The van der Waals surface area contributed by atoms with Crippen LogP contribution in [0.25, 0.3) is 0 Å². The van der Waals surface area contributed by atoms with Gasteiger partial charge in [-0.15, -0.1) is 0 Å². The second kappa shape index (κ2) is 4.49. The van der Waals surface area contributed by atoms with E-state index >= 15 is 0 Å². The molecule has 1 amide bonds. The number of aliphatic hydroxyl groups is 1. The van der Waals surface area contributed by atoms with Crippen LogP contribution in [0.1, 0.15) is 31.9 Å². The highest BCUT2D eigenvalue weighted by Crippen LogP contribution is 2.34. The molecule has 19 heavy (non-hydrogen) atoms. The predicted octanol–water partition coefficient (Wildman–Crippen LogP) is 1.83. The Labute approximate surface area is 113 Å². The molecule has 0 saturated carbocycles. The maximum Gasteiger partial charge on any atom is 0.410 e. The average molecular weight is 264 g/mol. The lowest BCUT2D eigenvalue weighted by molar-refractivity contribution is -0.104. The van der Waals surface area contributed by atoms with Crippen molar-refractivity contribution >= 4 is 6.09 Å². The topological polar surface area (TPSA) is 62.7 Å². The highest BCUT2D eigenvalue weighted by molar-refractivity contribution is 5.70. The molecule has 0 spiro atoms. The van der Waals surface area contributed by atoms with E-state index in [-0.39, 0.29) is 13.1 Å². The Kier molecular flexibility index (Phi) is 3.26. The van der Waals surface area contributed by atoms with Crippen LogP contribution >= 0.6 is 0 Å². The fraction of sp³-hybridized carbons (Fsp3) is 0.571. The van der Waals surface area contributed by atoms with E-state index in [0.29, 0.717) is 0 Å². The summed E-state index contributed by atoms with van der Waals surface area (Å²) in [5, 5.41) is 10.5. The van der Waals surface area contributed by atoms with Gasteiger partial charge in [-0.2, -0.15) is 0 Å².